The zero-order valence-corrected chi connectivity index (χ0v) is 10.6. The number of hydrogen-bond donors (Lipinski definition) is 2. The number of anilines is 1. The van der Waals surface area contributed by atoms with Crippen LogP contribution in [0.15, 0.2) is 47.4 Å². The smallest absolute Gasteiger partial charge is 0.138 e. The fourth-order valence-corrected chi connectivity index (χ4v) is 2.57. The van der Waals surface area contributed by atoms with Crippen LogP contribution < -0.4 is 5.73 Å². The second-order valence-corrected chi connectivity index (χ2v) is 5.12. The van der Waals surface area contributed by atoms with Gasteiger partial charge in [-0.15, -0.1) is 11.8 Å². The lowest BCUT2D eigenvalue weighted by molar-refractivity contribution is 0.478. The van der Waals surface area contributed by atoms with Crippen LogP contribution in [0, 0.1) is 0 Å². The second kappa shape index (κ2) is 5.34. The van der Waals surface area contributed by atoms with E-state index in [9.17, 15) is 5.11 Å². The highest BCUT2D eigenvalue weighted by atomic mass is 35.5. The summed E-state index contributed by atoms with van der Waals surface area (Å²) in [6, 6.07) is 13.0. The van der Waals surface area contributed by atoms with Gasteiger partial charge in [0, 0.05) is 15.7 Å². The van der Waals surface area contributed by atoms with Gasteiger partial charge in [-0.05, 0) is 35.9 Å². The first-order chi connectivity index (χ1) is 8.15. The molecule has 88 valence electrons. The number of phenols is 1. The molecule has 0 saturated carbocycles. The van der Waals surface area contributed by atoms with Crippen molar-refractivity contribution in [1.29, 1.82) is 0 Å². The molecule has 0 heterocycles. The van der Waals surface area contributed by atoms with E-state index in [1.54, 1.807) is 23.9 Å². The summed E-state index contributed by atoms with van der Waals surface area (Å²) in [5, 5.41) is 10.1. The highest BCUT2D eigenvalue weighted by molar-refractivity contribution is 7.98. The molecule has 17 heavy (non-hydrogen) atoms. The summed E-state index contributed by atoms with van der Waals surface area (Å²) in [4.78, 5) is 1.11. The third-order valence-corrected chi connectivity index (χ3v) is 3.59. The molecule has 4 heteroatoms. The van der Waals surface area contributed by atoms with Crippen LogP contribution in [0.25, 0.3) is 0 Å². The van der Waals surface area contributed by atoms with Gasteiger partial charge < -0.3 is 10.8 Å². The normalized spacial score (nSPS) is 10.4. The fourth-order valence-electron chi connectivity index (χ4n) is 1.42. The van der Waals surface area contributed by atoms with Crippen LogP contribution in [0.3, 0.4) is 0 Å². The average molecular weight is 266 g/mol. The molecule has 0 unspecified atom stereocenters. The van der Waals surface area contributed by atoms with Gasteiger partial charge >= 0.3 is 0 Å². The van der Waals surface area contributed by atoms with E-state index in [1.807, 2.05) is 30.3 Å². The van der Waals surface area contributed by atoms with Crippen molar-refractivity contribution in [2.75, 3.05) is 5.73 Å². The van der Waals surface area contributed by atoms with Gasteiger partial charge in [-0.1, -0.05) is 23.7 Å². The number of nitrogen functional groups attached to an aromatic ring is 1. The number of nitrogens with two attached hydrogens (primary N) is 1. The van der Waals surface area contributed by atoms with Crippen LogP contribution in [0.2, 0.25) is 5.02 Å². The maximum Gasteiger partial charge on any atom is 0.138 e. The van der Waals surface area contributed by atoms with Crippen molar-refractivity contribution >= 4 is 29.1 Å². The van der Waals surface area contributed by atoms with E-state index in [2.05, 4.69) is 0 Å². The standard InChI is InChI=1S/C13H12ClNOS/c14-10-2-1-3-11(7-10)17-8-9-4-5-13(16)12(15)6-9/h1-7,16H,8,15H2. The zero-order chi connectivity index (χ0) is 12.3. The van der Waals surface area contributed by atoms with Crippen molar-refractivity contribution in [3.05, 3.63) is 53.1 Å². The number of aromatic hydroxyl groups is 1. The molecule has 3 N–H and O–H groups in total. The molecule has 0 fully saturated rings. The Morgan fingerprint density at radius 3 is 2.71 bits per heavy atom. The Bertz CT molecular complexity index is 531. The molecule has 2 aromatic carbocycles. The Labute approximate surface area is 109 Å². The summed E-state index contributed by atoms with van der Waals surface area (Å²) in [6.07, 6.45) is 0. The van der Waals surface area contributed by atoms with E-state index in [0.717, 1.165) is 21.2 Å². The molecule has 2 aromatic rings. The van der Waals surface area contributed by atoms with Crippen molar-refractivity contribution in [3.8, 4) is 5.75 Å². The Morgan fingerprint density at radius 1 is 1.18 bits per heavy atom. The van der Waals surface area contributed by atoms with Crippen LogP contribution >= 0.6 is 23.4 Å². The Balaban J connectivity index is 2.05. The number of halogens is 1. The Hall–Kier alpha value is -1.32. The van der Waals surface area contributed by atoms with Crippen LogP contribution in [0.4, 0.5) is 5.69 Å². The quantitative estimate of drug-likeness (QED) is 0.502. The number of thioether (sulfide) groups is 1. The number of phenolic OH excluding ortho intramolecular Hbond substituents is 1. The largest absolute Gasteiger partial charge is 0.506 e. The lowest BCUT2D eigenvalue weighted by atomic mass is 10.2. The summed E-state index contributed by atoms with van der Waals surface area (Å²) in [5.74, 6) is 0.923. The molecule has 0 aliphatic carbocycles. The number of rotatable bonds is 3. The third kappa shape index (κ3) is 3.32. The second-order valence-electron chi connectivity index (χ2n) is 3.64. The predicted octanol–water partition coefficient (Wildman–Crippen LogP) is 3.92. The number of benzene rings is 2. The minimum Gasteiger partial charge on any atom is -0.506 e. The van der Waals surface area contributed by atoms with Gasteiger partial charge in [0.25, 0.3) is 0 Å². The van der Waals surface area contributed by atoms with E-state index in [0.29, 0.717) is 5.69 Å². The maximum absolute atomic E-state index is 9.32. The molecule has 2 nitrogen and oxygen atoms in total. The first-order valence-corrected chi connectivity index (χ1v) is 6.47. The van der Waals surface area contributed by atoms with Gasteiger partial charge in [0.15, 0.2) is 0 Å². The third-order valence-electron chi connectivity index (χ3n) is 2.29. The minimum absolute atomic E-state index is 0.126. The topological polar surface area (TPSA) is 46.2 Å². The van der Waals surface area contributed by atoms with E-state index < -0.39 is 0 Å². The highest BCUT2D eigenvalue weighted by Crippen LogP contribution is 2.28. The predicted molar refractivity (Wildman–Crippen MR) is 73.5 cm³/mol. The maximum atomic E-state index is 9.32. The number of hydrogen-bond acceptors (Lipinski definition) is 3. The average Bonchev–Trinajstić information content (AvgIpc) is 2.31. The molecule has 0 saturated heterocycles. The first-order valence-electron chi connectivity index (χ1n) is 5.11. The van der Waals surface area contributed by atoms with Crippen molar-refractivity contribution in [2.45, 2.75) is 10.6 Å². The summed E-state index contributed by atoms with van der Waals surface area (Å²) < 4.78 is 0. The van der Waals surface area contributed by atoms with Crippen LogP contribution in [-0.2, 0) is 5.75 Å². The van der Waals surface area contributed by atoms with E-state index in [4.69, 9.17) is 17.3 Å². The molecule has 0 bridgehead atoms. The summed E-state index contributed by atoms with van der Waals surface area (Å²) in [6.45, 7) is 0. The first kappa shape index (κ1) is 12.1. The van der Waals surface area contributed by atoms with Crippen molar-refractivity contribution in [1.82, 2.24) is 0 Å². The van der Waals surface area contributed by atoms with Gasteiger partial charge in [-0.2, -0.15) is 0 Å². The molecule has 0 amide bonds. The van der Waals surface area contributed by atoms with E-state index in [-0.39, 0.29) is 5.75 Å². The fraction of sp³-hybridized carbons (Fsp3) is 0.0769. The minimum atomic E-state index is 0.126. The molecule has 0 atom stereocenters. The Morgan fingerprint density at radius 2 is 2.00 bits per heavy atom. The van der Waals surface area contributed by atoms with Crippen LogP contribution in [-0.4, -0.2) is 5.11 Å². The summed E-state index contributed by atoms with van der Waals surface area (Å²) in [7, 11) is 0. The molecular weight excluding hydrogens is 254 g/mol. The highest BCUT2D eigenvalue weighted by Gasteiger charge is 2.00. The van der Waals surface area contributed by atoms with E-state index in [1.165, 1.54) is 0 Å². The van der Waals surface area contributed by atoms with Gasteiger partial charge in [-0.25, -0.2) is 0 Å². The summed E-state index contributed by atoms with van der Waals surface area (Å²) >= 11 is 7.59. The SMILES string of the molecule is Nc1cc(CSc2cccc(Cl)c2)ccc1O. The van der Waals surface area contributed by atoms with Crippen molar-refractivity contribution in [3.63, 3.8) is 0 Å². The van der Waals surface area contributed by atoms with Gasteiger partial charge in [0.2, 0.25) is 0 Å². The van der Waals surface area contributed by atoms with Crippen molar-refractivity contribution < 1.29 is 5.11 Å². The molecule has 2 rings (SSSR count). The molecule has 0 aliphatic rings. The summed E-state index contributed by atoms with van der Waals surface area (Å²) in [5.41, 5.74) is 7.12. The van der Waals surface area contributed by atoms with Gasteiger partial charge in [0.05, 0.1) is 5.69 Å². The lowest BCUT2D eigenvalue weighted by Crippen LogP contribution is -1.88. The van der Waals surface area contributed by atoms with Gasteiger partial charge in [-0.3, -0.25) is 0 Å². The monoisotopic (exact) mass is 265 g/mol. The van der Waals surface area contributed by atoms with Gasteiger partial charge in [0.1, 0.15) is 5.75 Å². The molecule has 0 aliphatic heterocycles. The Kier molecular flexibility index (Phi) is 3.82. The van der Waals surface area contributed by atoms with Crippen LogP contribution in [0.1, 0.15) is 5.56 Å². The molecular formula is C13H12ClNOS. The van der Waals surface area contributed by atoms with Crippen molar-refractivity contribution in [2.24, 2.45) is 0 Å². The lowest BCUT2D eigenvalue weighted by Gasteiger charge is -2.04. The molecule has 0 spiro atoms. The van der Waals surface area contributed by atoms with E-state index >= 15 is 0 Å². The molecule has 0 aromatic heterocycles. The molecule has 0 radical (unpaired) electrons. The zero-order valence-electron chi connectivity index (χ0n) is 9.06. The van der Waals surface area contributed by atoms with Crippen LogP contribution in [0.5, 0.6) is 5.75 Å².